The van der Waals surface area contributed by atoms with E-state index in [-0.39, 0.29) is 0 Å². The van der Waals surface area contributed by atoms with Gasteiger partial charge in [-0.3, -0.25) is 0 Å². The van der Waals surface area contributed by atoms with Crippen molar-refractivity contribution in [1.82, 2.24) is 0 Å². The minimum atomic E-state index is 0.350. The Balaban J connectivity index is 3.18. The van der Waals surface area contributed by atoms with Crippen LogP contribution in [0, 0.1) is 5.92 Å². The van der Waals surface area contributed by atoms with E-state index < -0.39 is 0 Å². The molecule has 0 amide bonds. The Labute approximate surface area is 90.7 Å². The molecule has 0 bridgehead atoms. The lowest BCUT2D eigenvalue weighted by molar-refractivity contribution is 0.520. The Morgan fingerprint density at radius 2 is 2.14 bits per heavy atom. The molecule has 0 aliphatic heterocycles. The van der Waals surface area contributed by atoms with Crippen LogP contribution in [0.2, 0.25) is 12.6 Å². The van der Waals surface area contributed by atoms with E-state index in [4.69, 9.17) is 0 Å². The maximum Gasteiger partial charge on any atom is -0.0300 e. The van der Waals surface area contributed by atoms with Crippen LogP contribution in [-0.4, -0.2) is 7.28 Å². The van der Waals surface area contributed by atoms with Gasteiger partial charge >= 0.3 is 0 Å². The summed E-state index contributed by atoms with van der Waals surface area (Å²) in [5.41, 5.74) is 1.33. The molecular formula is C13H26B-. The zero-order valence-electron chi connectivity index (χ0n) is 10.3. The van der Waals surface area contributed by atoms with Crippen molar-refractivity contribution in [3.63, 3.8) is 0 Å². The van der Waals surface area contributed by atoms with E-state index in [0.29, 0.717) is 7.28 Å². The van der Waals surface area contributed by atoms with E-state index in [1.165, 1.54) is 43.9 Å². The van der Waals surface area contributed by atoms with Crippen LogP contribution >= 0.6 is 0 Å². The van der Waals surface area contributed by atoms with E-state index in [2.05, 4.69) is 27.0 Å². The number of allylic oxidation sites excluding steroid dienone is 2. The Hall–Kier alpha value is -0.455. The summed E-state index contributed by atoms with van der Waals surface area (Å²) in [7, 11) is 0.350. The lowest BCUT2D eigenvalue weighted by atomic mass is 9.68. The van der Waals surface area contributed by atoms with Gasteiger partial charge in [0.2, 0.25) is 0 Å². The molecule has 0 saturated carbocycles. The summed E-state index contributed by atoms with van der Waals surface area (Å²) in [4.78, 5) is 0. The molecule has 1 atom stereocenters. The zero-order chi connectivity index (χ0) is 10.8. The van der Waals surface area contributed by atoms with Gasteiger partial charge in [0.05, 0.1) is 0 Å². The standard InChI is InChI=1S/C13H26B/c1-5-6-9-14-10-7-8-13(4)11-12(2)3/h5,13H,1-2,6-11,14H2,3-4H3/q-1. The van der Waals surface area contributed by atoms with Crippen LogP contribution in [0.5, 0.6) is 0 Å². The summed E-state index contributed by atoms with van der Waals surface area (Å²) in [6, 6.07) is 0. The minimum Gasteiger partial charge on any atom is -0.184 e. The smallest absolute Gasteiger partial charge is 0.0300 e. The van der Waals surface area contributed by atoms with E-state index in [9.17, 15) is 0 Å². The lowest BCUT2D eigenvalue weighted by Gasteiger charge is -2.11. The Morgan fingerprint density at radius 1 is 1.43 bits per heavy atom. The highest BCUT2D eigenvalue weighted by Crippen LogP contribution is 2.16. The third-order valence-corrected chi connectivity index (χ3v) is 2.95. The lowest BCUT2D eigenvalue weighted by Crippen LogP contribution is -1.96. The van der Waals surface area contributed by atoms with Crippen molar-refractivity contribution in [1.29, 1.82) is 0 Å². The molecule has 1 unspecified atom stereocenters. The Morgan fingerprint density at radius 3 is 2.71 bits per heavy atom. The van der Waals surface area contributed by atoms with Gasteiger partial charge in [0.1, 0.15) is 0 Å². The van der Waals surface area contributed by atoms with Gasteiger partial charge < -0.3 is 0 Å². The summed E-state index contributed by atoms with van der Waals surface area (Å²) >= 11 is 0. The fraction of sp³-hybridized carbons (Fsp3) is 0.692. The van der Waals surface area contributed by atoms with Gasteiger partial charge in [-0.25, -0.2) is 0 Å². The number of rotatable bonds is 9. The van der Waals surface area contributed by atoms with E-state index in [0.717, 1.165) is 5.92 Å². The first-order valence-corrected chi connectivity index (χ1v) is 6.33. The summed E-state index contributed by atoms with van der Waals surface area (Å²) in [5, 5.41) is 0. The molecule has 0 aromatic heterocycles. The van der Waals surface area contributed by atoms with Crippen molar-refractivity contribution in [2.75, 3.05) is 0 Å². The van der Waals surface area contributed by atoms with Gasteiger partial charge in [-0.1, -0.05) is 37.8 Å². The van der Waals surface area contributed by atoms with Gasteiger partial charge in [0, 0.05) is 0 Å². The van der Waals surface area contributed by atoms with E-state index in [1.54, 1.807) is 0 Å². The molecular weight excluding hydrogens is 167 g/mol. The largest absolute Gasteiger partial charge is 0.184 e. The predicted molar refractivity (Wildman–Crippen MR) is 70.8 cm³/mol. The first-order valence-electron chi connectivity index (χ1n) is 6.33. The van der Waals surface area contributed by atoms with Crippen LogP contribution in [0.25, 0.3) is 0 Å². The van der Waals surface area contributed by atoms with Gasteiger partial charge in [0.25, 0.3) is 0 Å². The molecule has 0 aliphatic carbocycles. The summed E-state index contributed by atoms with van der Waals surface area (Å²) < 4.78 is 0. The third-order valence-electron chi connectivity index (χ3n) is 2.95. The van der Waals surface area contributed by atoms with Gasteiger partial charge in [-0.15, -0.1) is 13.2 Å². The van der Waals surface area contributed by atoms with Crippen molar-refractivity contribution >= 4 is 7.28 Å². The van der Waals surface area contributed by atoms with Gasteiger partial charge in [-0.05, 0) is 26.5 Å². The summed E-state index contributed by atoms with van der Waals surface area (Å²) in [6.07, 6.45) is 10.3. The van der Waals surface area contributed by atoms with E-state index in [1.807, 2.05) is 6.08 Å². The minimum absolute atomic E-state index is 0.350. The maximum absolute atomic E-state index is 3.96. The van der Waals surface area contributed by atoms with Crippen molar-refractivity contribution in [3.05, 3.63) is 24.8 Å². The van der Waals surface area contributed by atoms with Gasteiger partial charge in [-0.2, -0.15) is 12.6 Å². The second-order valence-electron chi connectivity index (χ2n) is 4.99. The molecule has 0 aliphatic rings. The fourth-order valence-electron chi connectivity index (χ4n) is 2.16. The summed E-state index contributed by atoms with van der Waals surface area (Å²) in [5.74, 6) is 0.846. The second-order valence-corrected chi connectivity index (χ2v) is 4.99. The highest BCUT2D eigenvalue weighted by atomic mass is 14.1. The maximum atomic E-state index is 3.96. The average molecular weight is 193 g/mol. The predicted octanol–water partition coefficient (Wildman–Crippen LogP) is 3.95. The molecule has 0 aromatic rings. The summed E-state index contributed by atoms with van der Waals surface area (Å²) in [6.45, 7) is 12.2. The molecule has 82 valence electrons. The molecule has 0 N–H and O–H groups in total. The molecule has 0 nitrogen and oxygen atoms in total. The fourth-order valence-corrected chi connectivity index (χ4v) is 2.16. The highest BCUT2D eigenvalue weighted by molar-refractivity contribution is 6.35. The van der Waals surface area contributed by atoms with Crippen molar-refractivity contribution in [2.45, 2.75) is 52.2 Å². The number of hydrogen-bond acceptors (Lipinski definition) is 0. The van der Waals surface area contributed by atoms with Crippen LogP contribution in [0.15, 0.2) is 24.8 Å². The third kappa shape index (κ3) is 9.63. The second kappa shape index (κ2) is 9.11. The molecule has 0 heterocycles. The topological polar surface area (TPSA) is 0 Å². The van der Waals surface area contributed by atoms with E-state index >= 15 is 0 Å². The molecule has 0 radical (unpaired) electrons. The number of hydrogen-bond donors (Lipinski definition) is 0. The Bertz CT molecular complexity index is 161. The van der Waals surface area contributed by atoms with Crippen LogP contribution in [0.4, 0.5) is 0 Å². The van der Waals surface area contributed by atoms with Crippen LogP contribution in [-0.2, 0) is 0 Å². The molecule has 0 spiro atoms. The molecule has 0 saturated heterocycles. The first kappa shape index (κ1) is 13.5. The molecule has 0 fully saturated rings. The van der Waals surface area contributed by atoms with Crippen molar-refractivity contribution in [2.24, 2.45) is 5.92 Å². The molecule has 0 rings (SSSR count). The van der Waals surface area contributed by atoms with Crippen molar-refractivity contribution in [3.8, 4) is 0 Å². The molecule has 14 heavy (non-hydrogen) atoms. The average Bonchev–Trinajstić information content (AvgIpc) is 2.10. The molecule has 1 heteroatoms. The monoisotopic (exact) mass is 193 g/mol. The van der Waals surface area contributed by atoms with Crippen LogP contribution in [0.3, 0.4) is 0 Å². The molecule has 0 aromatic carbocycles. The van der Waals surface area contributed by atoms with Crippen LogP contribution < -0.4 is 0 Å². The Kier molecular flexibility index (Phi) is 8.82. The van der Waals surface area contributed by atoms with Crippen molar-refractivity contribution < 1.29 is 0 Å². The first-order chi connectivity index (χ1) is 6.66. The van der Waals surface area contributed by atoms with Gasteiger partial charge in [0.15, 0.2) is 0 Å². The van der Waals surface area contributed by atoms with Crippen LogP contribution in [0.1, 0.15) is 39.5 Å². The zero-order valence-corrected chi connectivity index (χ0v) is 10.3. The normalized spacial score (nSPS) is 12.4. The quantitative estimate of drug-likeness (QED) is 0.295. The highest BCUT2D eigenvalue weighted by Gasteiger charge is 2.00. The SMILES string of the molecule is C=CCC[BH2-]CCCC(C)CC(=C)C.